The third-order valence-electron chi connectivity index (χ3n) is 4.72. The Morgan fingerprint density at radius 1 is 1.04 bits per heavy atom. The van der Waals surface area contributed by atoms with E-state index in [2.05, 4.69) is 31.2 Å². The Morgan fingerprint density at radius 2 is 1.81 bits per heavy atom. The predicted molar refractivity (Wildman–Crippen MR) is 109 cm³/mol. The van der Waals surface area contributed by atoms with Gasteiger partial charge in [0.1, 0.15) is 18.1 Å². The molecule has 0 aliphatic carbocycles. The Hall–Kier alpha value is -2.85. The van der Waals surface area contributed by atoms with Crippen molar-refractivity contribution in [1.82, 2.24) is 0 Å². The van der Waals surface area contributed by atoms with Crippen LogP contribution in [0.4, 0.5) is 0 Å². The molecule has 4 heteroatoms. The van der Waals surface area contributed by atoms with Gasteiger partial charge in [0.15, 0.2) is 5.76 Å². The van der Waals surface area contributed by atoms with E-state index in [1.54, 1.807) is 17.4 Å². The van der Waals surface area contributed by atoms with Crippen molar-refractivity contribution in [3.63, 3.8) is 0 Å². The van der Waals surface area contributed by atoms with Crippen molar-refractivity contribution in [3.05, 3.63) is 86.3 Å². The summed E-state index contributed by atoms with van der Waals surface area (Å²) >= 11 is 1.60. The molecule has 3 aromatic rings. The number of benzene rings is 2. The summed E-state index contributed by atoms with van der Waals surface area (Å²) in [7, 11) is 0. The first-order valence-electron chi connectivity index (χ1n) is 8.83. The van der Waals surface area contributed by atoms with E-state index in [1.165, 1.54) is 5.56 Å². The van der Waals surface area contributed by atoms with Crippen LogP contribution in [0.25, 0.3) is 6.08 Å². The first-order valence-corrected chi connectivity index (χ1v) is 9.71. The molecule has 0 unspecified atom stereocenters. The van der Waals surface area contributed by atoms with Crippen LogP contribution in [-0.4, -0.2) is 5.78 Å². The van der Waals surface area contributed by atoms with E-state index < -0.39 is 0 Å². The Labute approximate surface area is 162 Å². The summed E-state index contributed by atoms with van der Waals surface area (Å²) in [6.45, 7) is 6.49. The average Bonchev–Trinajstić information content (AvgIpc) is 3.21. The van der Waals surface area contributed by atoms with Crippen LogP contribution >= 0.6 is 11.3 Å². The summed E-state index contributed by atoms with van der Waals surface area (Å²) in [5.41, 5.74) is 4.90. The summed E-state index contributed by atoms with van der Waals surface area (Å²) in [5, 5.41) is 2.01. The highest BCUT2D eigenvalue weighted by Crippen LogP contribution is 2.39. The van der Waals surface area contributed by atoms with Crippen LogP contribution < -0.4 is 9.47 Å². The third kappa shape index (κ3) is 3.40. The maximum Gasteiger partial charge on any atom is 0.232 e. The van der Waals surface area contributed by atoms with Gasteiger partial charge in [-0.25, -0.2) is 0 Å². The fourth-order valence-corrected chi connectivity index (χ4v) is 3.87. The predicted octanol–water partition coefficient (Wildman–Crippen LogP) is 5.87. The second-order valence-electron chi connectivity index (χ2n) is 6.75. The van der Waals surface area contributed by atoms with Gasteiger partial charge < -0.3 is 9.47 Å². The molecule has 0 bridgehead atoms. The molecule has 2 heterocycles. The molecular weight excluding hydrogens is 356 g/mol. The number of thiophene rings is 1. The minimum absolute atomic E-state index is 0.0778. The summed E-state index contributed by atoms with van der Waals surface area (Å²) in [4.78, 5) is 13.7. The number of carbonyl (C=O) groups is 1. The molecule has 0 saturated heterocycles. The highest BCUT2D eigenvalue weighted by Gasteiger charge is 2.30. The Balaban J connectivity index is 1.57. The number of ketones is 1. The smallest absolute Gasteiger partial charge is 0.232 e. The van der Waals surface area contributed by atoms with Crippen molar-refractivity contribution in [2.75, 3.05) is 0 Å². The summed E-state index contributed by atoms with van der Waals surface area (Å²) in [6, 6.07) is 13.9. The first-order chi connectivity index (χ1) is 13.0. The summed E-state index contributed by atoms with van der Waals surface area (Å²) in [5.74, 6) is 1.62. The fourth-order valence-electron chi connectivity index (χ4n) is 3.02. The second-order valence-corrected chi connectivity index (χ2v) is 7.69. The van der Waals surface area contributed by atoms with Gasteiger partial charge in [-0.3, -0.25) is 4.79 Å². The zero-order chi connectivity index (χ0) is 19.0. The van der Waals surface area contributed by atoms with E-state index in [0.717, 1.165) is 27.3 Å². The van der Waals surface area contributed by atoms with Gasteiger partial charge in [0.2, 0.25) is 5.78 Å². The zero-order valence-corrected chi connectivity index (χ0v) is 16.4. The maximum absolute atomic E-state index is 12.7. The lowest BCUT2D eigenvalue weighted by Gasteiger charge is -2.11. The third-order valence-corrected chi connectivity index (χ3v) is 5.68. The molecule has 0 spiro atoms. The van der Waals surface area contributed by atoms with E-state index >= 15 is 0 Å². The molecule has 1 aromatic heterocycles. The van der Waals surface area contributed by atoms with Gasteiger partial charge in [0.05, 0.1) is 5.56 Å². The molecule has 0 saturated carbocycles. The Morgan fingerprint density at radius 3 is 2.52 bits per heavy atom. The Kier molecular flexibility index (Phi) is 4.58. The van der Waals surface area contributed by atoms with Crippen LogP contribution in [-0.2, 0) is 6.61 Å². The minimum Gasteiger partial charge on any atom is -0.488 e. The normalized spacial score (nSPS) is 14.3. The molecule has 1 aliphatic rings. The first kappa shape index (κ1) is 17.6. The number of ether oxygens (including phenoxy) is 2. The van der Waals surface area contributed by atoms with Crippen molar-refractivity contribution in [1.29, 1.82) is 0 Å². The standard InChI is InChI=1S/C23H20O3S/c1-14-4-6-17(7-5-14)13-25-19-9-8-18-22(24)20(26-23(18)16(19)3)12-21-15(2)10-11-27-21/h4-12H,13H2,1-3H3/b20-12-. The lowest BCUT2D eigenvalue weighted by Crippen LogP contribution is -1.98. The van der Waals surface area contributed by atoms with Crippen LogP contribution in [0.2, 0.25) is 0 Å². The largest absolute Gasteiger partial charge is 0.488 e. The molecule has 0 radical (unpaired) electrons. The number of hydrogen-bond acceptors (Lipinski definition) is 4. The van der Waals surface area contributed by atoms with Crippen LogP contribution in [0.1, 0.15) is 37.5 Å². The van der Waals surface area contributed by atoms with Crippen molar-refractivity contribution in [2.45, 2.75) is 27.4 Å². The average molecular weight is 376 g/mol. The molecule has 0 N–H and O–H groups in total. The van der Waals surface area contributed by atoms with Gasteiger partial charge in [-0.05, 0) is 55.5 Å². The number of allylic oxidation sites excluding steroid dienone is 1. The zero-order valence-electron chi connectivity index (χ0n) is 15.5. The monoisotopic (exact) mass is 376 g/mol. The van der Waals surface area contributed by atoms with Gasteiger partial charge in [-0.15, -0.1) is 11.3 Å². The lowest BCUT2D eigenvalue weighted by atomic mass is 10.1. The van der Waals surface area contributed by atoms with Gasteiger partial charge in [-0.1, -0.05) is 29.8 Å². The van der Waals surface area contributed by atoms with E-state index in [9.17, 15) is 4.79 Å². The molecule has 3 nitrogen and oxygen atoms in total. The molecule has 1 aliphatic heterocycles. The quantitative estimate of drug-likeness (QED) is 0.534. The van der Waals surface area contributed by atoms with Gasteiger partial charge in [-0.2, -0.15) is 0 Å². The topological polar surface area (TPSA) is 35.5 Å². The van der Waals surface area contributed by atoms with Crippen LogP contribution in [0, 0.1) is 20.8 Å². The van der Waals surface area contributed by atoms with Crippen LogP contribution in [0.3, 0.4) is 0 Å². The molecule has 136 valence electrons. The molecular formula is C23H20O3S. The molecule has 4 rings (SSSR count). The van der Waals surface area contributed by atoms with Crippen LogP contribution in [0.15, 0.2) is 53.6 Å². The summed E-state index contributed by atoms with van der Waals surface area (Å²) < 4.78 is 11.9. The lowest BCUT2D eigenvalue weighted by molar-refractivity contribution is 0.101. The number of rotatable bonds is 4. The van der Waals surface area contributed by atoms with Crippen molar-refractivity contribution < 1.29 is 14.3 Å². The van der Waals surface area contributed by atoms with E-state index in [0.29, 0.717) is 23.7 Å². The minimum atomic E-state index is -0.0778. The van der Waals surface area contributed by atoms with Crippen molar-refractivity contribution in [2.24, 2.45) is 0 Å². The van der Waals surface area contributed by atoms with Crippen molar-refractivity contribution in [3.8, 4) is 11.5 Å². The fraction of sp³-hybridized carbons (Fsp3) is 0.174. The molecule has 0 fully saturated rings. The SMILES string of the molecule is Cc1ccc(COc2ccc3c(c2C)O/C(=C\c2sccc2C)C3=O)cc1. The van der Waals surface area contributed by atoms with Gasteiger partial charge in [0.25, 0.3) is 0 Å². The van der Waals surface area contributed by atoms with Crippen molar-refractivity contribution >= 4 is 23.2 Å². The second kappa shape index (κ2) is 7.05. The number of aryl methyl sites for hydroxylation is 2. The summed E-state index contributed by atoms with van der Waals surface area (Å²) in [6.07, 6.45) is 1.83. The van der Waals surface area contributed by atoms with E-state index in [4.69, 9.17) is 9.47 Å². The highest BCUT2D eigenvalue weighted by molar-refractivity contribution is 7.11. The number of fused-ring (bicyclic) bond motifs is 1. The van der Waals surface area contributed by atoms with Gasteiger partial charge in [0, 0.05) is 16.5 Å². The number of Topliss-reactive ketones (excluding diaryl/α,β-unsaturated/α-hetero) is 1. The Bertz CT molecular complexity index is 1040. The maximum atomic E-state index is 12.7. The van der Waals surface area contributed by atoms with Gasteiger partial charge >= 0.3 is 0 Å². The number of hydrogen-bond donors (Lipinski definition) is 0. The molecule has 0 atom stereocenters. The molecule has 0 amide bonds. The highest BCUT2D eigenvalue weighted by atomic mass is 32.1. The molecule has 27 heavy (non-hydrogen) atoms. The van der Waals surface area contributed by atoms with Crippen LogP contribution in [0.5, 0.6) is 11.5 Å². The van der Waals surface area contributed by atoms with E-state index in [1.807, 2.05) is 37.4 Å². The van der Waals surface area contributed by atoms with E-state index in [-0.39, 0.29) is 5.78 Å². The molecule has 2 aromatic carbocycles. The number of carbonyl (C=O) groups excluding carboxylic acids is 1.